The van der Waals surface area contributed by atoms with Gasteiger partial charge in [-0.3, -0.25) is 0 Å². The van der Waals surface area contributed by atoms with E-state index in [-0.39, 0.29) is 5.60 Å². The van der Waals surface area contributed by atoms with Gasteiger partial charge in [-0.25, -0.2) is 0 Å². The van der Waals surface area contributed by atoms with Crippen LogP contribution < -0.4 is 0 Å². The Morgan fingerprint density at radius 3 is 1.79 bits per heavy atom. The Balaban J connectivity index is 0. The van der Waals surface area contributed by atoms with Gasteiger partial charge in [0.05, 0.1) is 12.2 Å². The van der Waals surface area contributed by atoms with Crippen LogP contribution in [0, 0.1) is 5.41 Å². The van der Waals surface area contributed by atoms with Crippen molar-refractivity contribution >= 4 is 0 Å². The van der Waals surface area contributed by atoms with E-state index in [1.165, 1.54) is 44.9 Å². The van der Waals surface area contributed by atoms with Crippen molar-refractivity contribution in [3.8, 4) is 0 Å². The molecule has 1 saturated carbocycles. The summed E-state index contributed by atoms with van der Waals surface area (Å²) >= 11 is 0. The summed E-state index contributed by atoms with van der Waals surface area (Å²) in [5.41, 5.74) is 0.602. The first kappa shape index (κ1) is 21.3. The topological polar surface area (TPSA) is 9.23 Å². The third-order valence-corrected chi connectivity index (χ3v) is 3.85. The number of ether oxygens (including phenoxy) is 1. The average molecular weight is 273 g/mol. The first-order valence-corrected chi connectivity index (χ1v) is 8.67. The Labute approximate surface area is 123 Å². The van der Waals surface area contributed by atoms with Crippen LogP contribution in [0.2, 0.25) is 0 Å². The van der Waals surface area contributed by atoms with Crippen LogP contribution in [0.25, 0.3) is 0 Å². The summed E-state index contributed by atoms with van der Waals surface area (Å²) in [5.74, 6) is 0. The Kier molecular flexibility index (Phi) is 13.2. The lowest BCUT2D eigenvalue weighted by Gasteiger charge is -2.33. The fourth-order valence-electron chi connectivity index (χ4n) is 2.72. The van der Waals surface area contributed by atoms with Gasteiger partial charge in [-0.1, -0.05) is 74.7 Å². The zero-order valence-electron chi connectivity index (χ0n) is 15.1. The zero-order chi connectivity index (χ0) is 15.4. The molecule has 0 aromatic carbocycles. The molecular weight excluding hydrogens is 232 g/mol. The van der Waals surface area contributed by atoms with Crippen LogP contribution in [-0.4, -0.2) is 12.2 Å². The van der Waals surface area contributed by atoms with Crippen LogP contribution in [0.4, 0.5) is 0 Å². The van der Waals surface area contributed by atoms with Gasteiger partial charge in [-0.15, -0.1) is 0 Å². The largest absolute Gasteiger partial charge is 0.374 e. The first-order valence-electron chi connectivity index (χ1n) is 8.67. The van der Waals surface area contributed by atoms with Crippen molar-refractivity contribution in [2.75, 3.05) is 6.61 Å². The molecule has 1 heteroatoms. The lowest BCUT2D eigenvalue weighted by molar-refractivity contribution is -0.0773. The van der Waals surface area contributed by atoms with Crippen molar-refractivity contribution in [1.29, 1.82) is 0 Å². The average Bonchev–Trinajstić information content (AvgIpc) is 2.91. The minimum atomic E-state index is 0.241. The van der Waals surface area contributed by atoms with E-state index in [2.05, 4.69) is 27.7 Å². The maximum absolute atomic E-state index is 6.26. The van der Waals surface area contributed by atoms with Gasteiger partial charge in [-0.2, -0.15) is 0 Å². The molecule has 0 aromatic rings. The van der Waals surface area contributed by atoms with Gasteiger partial charge >= 0.3 is 0 Å². The summed E-state index contributed by atoms with van der Waals surface area (Å²) in [6.07, 6.45) is 9.01. The number of hydrogen-bond acceptors (Lipinski definition) is 1. The Bertz CT molecular complexity index is 178. The van der Waals surface area contributed by atoms with Crippen molar-refractivity contribution in [2.24, 2.45) is 5.41 Å². The van der Waals surface area contributed by atoms with E-state index in [9.17, 15) is 0 Å². The highest BCUT2D eigenvalue weighted by Crippen LogP contribution is 2.37. The van der Waals surface area contributed by atoms with Crippen molar-refractivity contribution in [3.05, 3.63) is 0 Å². The molecule has 0 unspecified atom stereocenters. The van der Waals surface area contributed by atoms with Crippen LogP contribution in [0.5, 0.6) is 0 Å². The highest BCUT2D eigenvalue weighted by molar-refractivity contribution is 4.86. The van der Waals surface area contributed by atoms with E-state index < -0.39 is 0 Å². The van der Waals surface area contributed by atoms with Gasteiger partial charge in [0.15, 0.2) is 0 Å². The van der Waals surface area contributed by atoms with Crippen molar-refractivity contribution < 1.29 is 4.74 Å². The van der Waals surface area contributed by atoms with Gasteiger partial charge in [0.25, 0.3) is 0 Å². The zero-order valence-corrected chi connectivity index (χ0v) is 15.1. The van der Waals surface area contributed by atoms with E-state index in [0.717, 1.165) is 6.61 Å². The fourth-order valence-corrected chi connectivity index (χ4v) is 2.72. The molecule has 0 spiro atoms. The molecule has 0 radical (unpaired) electrons. The fraction of sp³-hybridized carbons (Fsp3) is 1.00. The quantitative estimate of drug-likeness (QED) is 0.529. The van der Waals surface area contributed by atoms with Crippen molar-refractivity contribution in [2.45, 2.75) is 106 Å². The Hall–Kier alpha value is -0.0400. The Morgan fingerprint density at radius 2 is 1.42 bits per heavy atom. The molecule has 1 fully saturated rings. The predicted molar refractivity (Wildman–Crippen MR) is 88.8 cm³/mol. The summed E-state index contributed by atoms with van der Waals surface area (Å²) in [6, 6.07) is 0. The van der Waals surface area contributed by atoms with Gasteiger partial charge < -0.3 is 4.74 Å². The molecule has 0 aliphatic heterocycles. The molecule has 1 nitrogen and oxygen atoms in total. The van der Waals surface area contributed by atoms with Crippen LogP contribution in [0.15, 0.2) is 0 Å². The van der Waals surface area contributed by atoms with Crippen LogP contribution in [0.3, 0.4) is 0 Å². The number of rotatable bonds is 6. The predicted octanol–water partition coefficient (Wildman–Crippen LogP) is 6.60. The molecule has 0 heterocycles. The molecule has 0 bridgehead atoms. The van der Waals surface area contributed by atoms with Gasteiger partial charge in [0.1, 0.15) is 0 Å². The molecule has 0 N–H and O–H groups in total. The van der Waals surface area contributed by atoms with Gasteiger partial charge in [0.2, 0.25) is 0 Å². The maximum Gasteiger partial charge on any atom is 0.0680 e. The van der Waals surface area contributed by atoms with E-state index in [4.69, 9.17) is 4.74 Å². The second kappa shape index (κ2) is 11.8. The van der Waals surface area contributed by atoms with Gasteiger partial charge in [0, 0.05) is 0 Å². The Morgan fingerprint density at radius 1 is 0.947 bits per heavy atom. The molecular formula is C18H40O. The highest BCUT2D eigenvalue weighted by Gasteiger charge is 2.34. The minimum Gasteiger partial charge on any atom is -0.374 e. The summed E-state index contributed by atoms with van der Waals surface area (Å²) in [7, 11) is 0. The maximum atomic E-state index is 6.26. The van der Waals surface area contributed by atoms with Crippen molar-refractivity contribution in [1.82, 2.24) is 0 Å². The van der Waals surface area contributed by atoms with E-state index >= 15 is 0 Å². The molecule has 1 rings (SSSR count). The second-order valence-electron chi connectivity index (χ2n) is 5.95. The lowest BCUT2D eigenvalue weighted by Crippen LogP contribution is -2.33. The summed E-state index contributed by atoms with van der Waals surface area (Å²) < 4.78 is 6.26. The smallest absolute Gasteiger partial charge is 0.0680 e. The highest BCUT2D eigenvalue weighted by atomic mass is 16.5. The monoisotopic (exact) mass is 272 g/mol. The van der Waals surface area contributed by atoms with E-state index in [1.807, 2.05) is 27.7 Å². The molecule has 0 atom stereocenters. The molecule has 0 aromatic heterocycles. The third kappa shape index (κ3) is 8.68. The first-order chi connectivity index (χ1) is 9.04. The molecule has 19 heavy (non-hydrogen) atoms. The molecule has 118 valence electrons. The summed E-state index contributed by atoms with van der Waals surface area (Å²) in [6.45, 7) is 18.1. The number of hydrogen-bond donors (Lipinski definition) is 0. The summed E-state index contributed by atoms with van der Waals surface area (Å²) in [5, 5.41) is 0. The molecule has 1 aliphatic carbocycles. The molecule has 1 aliphatic rings. The normalized spacial score (nSPS) is 17.1. The second-order valence-corrected chi connectivity index (χ2v) is 5.95. The summed E-state index contributed by atoms with van der Waals surface area (Å²) in [4.78, 5) is 0. The van der Waals surface area contributed by atoms with E-state index in [0.29, 0.717) is 5.41 Å². The lowest BCUT2D eigenvalue weighted by atomic mass is 9.88. The molecule has 0 amide bonds. The van der Waals surface area contributed by atoms with Crippen LogP contribution in [0.1, 0.15) is 100 Å². The van der Waals surface area contributed by atoms with Gasteiger partial charge in [-0.05, 0) is 31.1 Å². The minimum absolute atomic E-state index is 0.241. The standard InChI is InChI=1S/C14H28O.2C2H6/c1-5-9-13(3,4)12-15-14(6-2)10-7-8-11-14;2*1-2/h5-12H2,1-4H3;2*1-2H3. The van der Waals surface area contributed by atoms with Crippen LogP contribution in [-0.2, 0) is 4.74 Å². The third-order valence-electron chi connectivity index (χ3n) is 3.85. The van der Waals surface area contributed by atoms with Crippen molar-refractivity contribution in [3.63, 3.8) is 0 Å². The van der Waals surface area contributed by atoms with Crippen LogP contribution >= 0.6 is 0 Å². The SMILES string of the molecule is CC.CC.CCCC(C)(C)COC1(CC)CCCC1. The molecule has 0 saturated heterocycles. The van der Waals surface area contributed by atoms with E-state index in [1.54, 1.807) is 0 Å².